The first-order chi connectivity index (χ1) is 15.1. The van der Waals surface area contributed by atoms with E-state index in [0.29, 0.717) is 23.7 Å². The van der Waals surface area contributed by atoms with Gasteiger partial charge >= 0.3 is 0 Å². The Hall–Kier alpha value is -2.67. The SMILES string of the molecule is CCn1cc(S(=O)(=O)c2ccc(C)c(C)c2)c(=O)c2cc(F)c(N3CCC[C@@H](C)C3)cc21. The van der Waals surface area contributed by atoms with E-state index in [-0.39, 0.29) is 15.2 Å². The van der Waals surface area contributed by atoms with Crippen LogP contribution in [0.5, 0.6) is 0 Å². The van der Waals surface area contributed by atoms with Crippen molar-refractivity contribution in [3.05, 3.63) is 63.7 Å². The first-order valence-electron chi connectivity index (χ1n) is 11.1. The van der Waals surface area contributed by atoms with E-state index in [4.69, 9.17) is 0 Å². The molecule has 1 aliphatic heterocycles. The van der Waals surface area contributed by atoms with Crippen molar-refractivity contribution in [1.82, 2.24) is 4.57 Å². The normalized spacial score (nSPS) is 17.2. The summed E-state index contributed by atoms with van der Waals surface area (Å²) in [5.74, 6) is -0.0234. The van der Waals surface area contributed by atoms with Crippen molar-refractivity contribution < 1.29 is 12.8 Å². The molecular formula is C25H29FN2O3S. The second-order valence-corrected chi connectivity index (χ2v) is 10.8. The number of halogens is 1. The van der Waals surface area contributed by atoms with Crippen LogP contribution in [0.1, 0.15) is 37.8 Å². The lowest BCUT2D eigenvalue weighted by atomic mass is 9.99. The summed E-state index contributed by atoms with van der Waals surface area (Å²) in [6, 6.07) is 7.72. The first-order valence-corrected chi connectivity index (χ1v) is 12.6. The Kier molecular flexibility index (Phi) is 5.88. The number of nitrogens with zero attached hydrogens (tertiary/aromatic N) is 2. The number of aryl methyl sites for hydroxylation is 3. The van der Waals surface area contributed by atoms with Gasteiger partial charge in [-0.3, -0.25) is 4.79 Å². The Balaban J connectivity index is 1.91. The van der Waals surface area contributed by atoms with Gasteiger partial charge in [-0.15, -0.1) is 0 Å². The lowest BCUT2D eigenvalue weighted by Gasteiger charge is -2.33. The molecule has 1 aliphatic rings. The van der Waals surface area contributed by atoms with Crippen molar-refractivity contribution in [2.24, 2.45) is 5.92 Å². The van der Waals surface area contributed by atoms with Crippen LogP contribution in [0.25, 0.3) is 10.9 Å². The molecule has 32 heavy (non-hydrogen) atoms. The fraction of sp³-hybridized carbons (Fsp3) is 0.400. The van der Waals surface area contributed by atoms with Crippen LogP contribution in [-0.4, -0.2) is 26.1 Å². The van der Waals surface area contributed by atoms with E-state index in [9.17, 15) is 13.2 Å². The van der Waals surface area contributed by atoms with Crippen molar-refractivity contribution in [3.8, 4) is 0 Å². The van der Waals surface area contributed by atoms with E-state index in [0.717, 1.165) is 37.1 Å². The Morgan fingerprint density at radius 2 is 1.88 bits per heavy atom. The molecular weight excluding hydrogens is 427 g/mol. The number of aromatic nitrogens is 1. The summed E-state index contributed by atoms with van der Waals surface area (Å²) in [5, 5.41) is 0.0862. The number of anilines is 1. The zero-order chi connectivity index (χ0) is 23.2. The van der Waals surface area contributed by atoms with Gasteiger partial charge in [-0.25, -0.2) is 12.8 Å². The van der Waals surface area contributed by atoms with E-state index in [1.807, 2.05) is 25.7 Å². The minimum Gasteiger partial charge on any atom is -0.369 e. The van der Waals surface area contributed by atoms with Crippen LogP contribution in [0.4, 0.5) is 10.1 Å². The van der Waals surface area contributed by atoms with Crippen LogP contribution in [0.2, 0.25) is 0 Å². The minimum atomic E-state index is -4.05. The van der Waals surface area contributed by atoms with Crippen LogP contribution in [-0.2, 0) is 16.4 Å². The highest BCUT2D eigenvalue weighted by atomic mass is 32.2. The van der Waals surface area contributed by atoms with E-state index in [2.05, 4.69) is 6.92 Å². The van der Waals surface area contributed by atoms with Crippen molar-refractivity contribution >= 4 is 26.4 Å². The van der Waals surface area contributed by atoms with Gasteiger partial charge in [0.05, 0.1) is 21.5 Å². The standard InChI is InChI=1S/C25H29FN2O3S/c1-5-27-15-24(32(30,31)19-9-8-17(3)18(4)11-19)25(29)20-12-21(26)23(13-22(20)27)28-10-6-7-16(2)14-28/h8-9,11-13,15-16H,5-7,10,14H2,1-4H3/t16-/m1/s1. The molecule has 0 saturated carbocycles. The quantitative estimate of drug-likeness (QED) is 0.563. The molecule has 0 amide bonds. The highest BCUT2D eigenvalue weighted by Gasteiger charge is 2.26. The molecule has 2 aromatic carbocycles. The Bertz CT molecular complexity index is 1360. The van der Waals surface area contributed by atoms with Gasteiger partial charge in [0, 0.05) is 25.8 Å². The molecule has 5 nitrogen and oxygen atoms in total. The number of pyridine rings is 1. The second kappa shape index (κ2) is 8.35. The van der Waals surface area contributed by atoms with Crippen molar-refractivity contribution in [3.63, 3.8) is 0 Å². The Morgan fingerprint density at radius 1 is 1.12 bits per heavy atom. The number of hydrogen-bond acceptors (Lipinski definition) is 4. The van der Waals surface area contributed by atoms with Crippen LogP contribution >= 0.6 is 0 Å². The summed E-state index contributed by atoms with van der Waals surface area (Å²) < 4.78 is 43.6. The molecule has 1 fully saturated rings. The van der Waals surface area contributed by atoms with Gasteiger partial charge in [0.1, 0.15) is 10.7 Å². The minimum absolute atomic E-state index is 0.0686. The smallest absolute Gasteiger partial charge is 0.211 e. The summed E-state index contributed by atoms with van der Waals surface area (Å²) in [7, 11) is -4.05. The third kappa shape index (κ3) is 3.83. The predicted molar refractivity (Wildman–Crippen MR) is 126 cm³/mol. The molecule has 0 bridgehead atoms. The maximum atomic E-state index is 15.2. The van der Waals surface area contributed by atoms with Gasteiger partial charge in [0.15, 0.2) is 0 Å². The van der Waals surface area contributed by atoms with Crippen LogP contribution in [0.3, 0.4) is 0 Å². The van der Waals surface area contributed by atoms with Crippen LogP contribution in [0.15, 0.2) is 51.1 Å². The second-order valence-electron chi connectivity index (χ2n) is 8.87. The Morgan fingerprint density at radius 3 is 2.53 bits per heavy atom. The molecule has 0 aliphatic carbocycles. The average molecular weight is 457 g/mol. The first kappa shape index (κ1) is 22.5. The fourth-order valence-electron chi connectivity index (χ4n) is 4.48. The number of rotatable bonds is 4. The highest BCUT2D eigenvalue weighted by molar-refractivity contribution is 7.91. The van der Waals surface area contributed by atoms with Gasteiger partial charge in [-0.2, -0.15) is 0 Å². The van der Waals surface area contributed by atoms with Gasteiger partial charge in [-0.1, -0.05) is 13.0 Å². The fourth-order valence-corrected chi connectivity index (χ4v) is 5.94. The molecule has 0 unspecified atom stereocenters. The van der Waals surface area contributed by atoms with E-state index >= 15 is 4.39 Å². The highest BCUT2D eigenvalue weighted by Crippen LogP contribution is 2.30. The van der Waals surface area contributed by atoms with E-state index < -0.39 is 21.1 Å². The van der Waals surface area contributed by atoms with Crippen LogP contribution in [0, 0.1) is 25.6 Å². The predicted octanol–water partition coefficient (Wildman–Crippen LogP) is 4.85. The molecule has 4 rings (SSSR count). The number of fused-ring (bicyclic) bond motifs is 1. The molecule has 0 spiro atoms. The van der Waals surface area contributed by atoms with Crippen molar-refractivity contribution in [2.45, 2.75) is 56.9 Å². The van der Waals surface area contributed by atoms with Crippen molar-refractivity contribution in [1.29, 1.82) is 0 Å². The summed E-state index contributed by atoms with van der Waals surface area (Å²) in [5.41, 5.74) is 2.14. The molecule has 170 valence electrons. The topological polar surface area (TPSA) is 59.4 Å². The molecule has 2 heterocycles. The lowest BCUT2D eigenvalue weighted by molar-refractivity contribution is 0.442. The molecule has 1 atom stereocenters. The summed E-state index contributed by atoms with van der Waals surface area (Å²) in [6.07, 6.45) is 3.51. The number of hydrogen-bond donors (Lipinski definition) is 0. The maximum Gasteiger partial charge on any atom is 0.211 e. The summed E-state index contributed by atoms with van der Waals surface area (Å²) in [4.78, 5) is 15.1. The maximum absolute atomic E-state index is 15.2. The van der Waals surface area contributed by atoms with Gasteiger partial charge < -0.3 is 9.47 Å². The molecule has 7 heteroatoms. The van der Waals surface area contributed by atoms with Gasteiger partial charge in [-0.05, 0) is 74.9 Å². The van der Waals surface area contributed by atoms with Crippen molar-refractivity contribution in [2.75, 3.05) is 18.0 Å². The number of sulfone groups is 1. The molecule has 3 aromatic rings. The lowest BCUT2D eigenvalue weighted by Crippen LogP contribution is -2.35. The largest absolute Gasteiger partial charge is 0.369 e. The number of benzene rings is 2. The van der Waals surface area contributed by atoms with E-state index in [1.165, 1.54) is 18.3 Å². The zero-order valence-corrected chi connectivity index (χ0v) is 19.8. The van der Waals surface area contributed by atoms with Crippen LogP contribution < -0.4 is 10.3 Å². The molecule has 0 N–H and O–H groups in total. The average Bonchev–Trinajstić information content (AvgIpc) is 2.75. The van der Waals surface area contributed by atoms with E-state index in [1.54, 1.807) is 22.8 Å². The van der Waals surface area contributed by atoms with Gasteiger partial charge in [0.25, 0.3) is 0 Å². The third-order valence-electron chi connectivity index (χ3n) is 6.53. The third-order valence-corrected chi connectivity index (χ3v) is 8.28. The molecule has 1 saturated heterocycles. The number of piperidine rings is 1. The van der Waals surface area contributed by atoms with Gasteiger partial charge in [0.2, 0.25) is 15.3 Å². The zero-order valence-electron chi connectivity index (χ0n) is 19.0. The Labute approximate surface area is 188 Å². The summed E-state index contributed by atoms with van der Waals surface area (Å²) in [6.45, 7) is 9.74. The summed E-state index contributed by atoms with van der Waals surface area (Å²) >= 11 is 0. The molecule has 1 aromatic heterocycles. The molecule has 0 radical (unpaired) electrons. The monoisotopic (exact) mass is 456 g/mol.